The van der Waals surface area contributed by atoms with Crippen molar-refractivity contribution in [3.63, 3.8) is 0 Å². The van der Waals surface area contributed by atoms with Gasteiger partial charge in [0.1, 0.15) is 18.4 Å². The summed E-state index contributed by atoms with van der Waals surface area (Å²) in [6, 6.07) is 11.6. The van der Waals surface area contributed by atoms with Crippen LogP contribution in [-0.4, -0.2) is 13.9 Å². The molecule has 3 aromatic rings. The smallest absolute Gasteiger partial charge is 0.396 e. The highest BCUT2D eigenvalue weighted by molar-refractivity contribution is 6.81. The van der Waals surface area contributed by atoms with Crippen LogP contribution in [0.5, 0.6) is 0 Å². The summed E-state index contributed by atoms with van der Waals surface area (Å²) < 4.78 is 30.5. The molecule has 0 N–H and O–H groups in total. The lowest BCUT2D eigenvalue weighted by Crippen LogP contribution is -2.60. The lowest BCUT2D eigenvalue weighted by molar-refractivity contribution is -0.654. The fraction of sp³-hybridized carbons (Fsp3) is 0.167. The number of pyridine rings is 1. The van der Waals surface area contributed by atoms with Crippen LogP contribution in [0.2, 0.25) is 0 Å². The molecule has 1 aromatic carbocycles. The van der Waals surface area contributed by atoms with Gasteiger partial charge in [0.25, 0.3) is 0 Å². The molecule has 0 fully saturated rings. The maximum atomic E-state index is 7.57. The molecule has 3 heterocycles. The van der Waals surface area contributed by atoms with Gasteiger partial charge >= 0.3 is 6.85 Å². The van der Waals surface area contributed by atoms with Gasteiger partial charge in [-0.1, -0.05) is 18.1 Å². The van der Waals surface area contributed by atoms with E-state index in [-0.39, 0.29) is 6.85 Å². The number of hydrogen-bond donors (Lipinski definition) is 0. The fourth-order valence-electron chi connectivity index (χ4n) is 3.20. The van der Waals surface area contributed by atoms with E-state index in [4.69, 9.17) is 8.53 Å². The molecule has 3 nitrogen and oxygen atoms in total. The molecular weight excluding hydrogens is 271 g/mol. The Balaban J connectivity index is 1.78. The Labute approximate surface area is 134 Å². The predicted octanol–water partition coefficient (Wildman–Crippen LogP) is 2.47. The summed E-state index contributed by atoms with van der Waals surface area (Å²) in [5.74, 6) is 2.93. The SMILES string of the molecule is [2H]C([2H])([2H])c1ccc(B2C=Cc3oc4ccccc4c3N2C)[n+](C)c1. The third-order valence-electron chi connectivity index (χ3n) is 4.27. The molecule has 22 heavy (non-hydrogen) atoms. The van der Waals surface area contributed by atoms with Crippen molar-refractivity contribution in [1.29, 1.82) is 0 Å². The van der Waals surface area contributed by atoms with Crippen LogP contribution < -0.4 is 15.0 Å². The molecule has 0 amide bonds. The number of aryl methyl sites for hydroxylation is 2. The van der Waals surface area contributed by atoms with Crippen molar-refractivity contribution in [2.75, 3.05) is 11.9 Å². The van der Waals surface area contributed by atoms with Gasteiger partial charge in [0, 0.05) is 15.1 Å². The number of fused-ring (bicyclic) bond motifs is 3. The number of rotatable bonds is 1. The first kappa shape index (κ1) is 10.3. The van der Waals surface area contributed by atoms with Crippen LogP contribution in [0.15, 0.2) is 53.0 Å². The Kier molecular flexibility index (Phi) is 2.23. The largest absolute Gasteiger partial charge is 0.455 e. The minimum absolute atomic E-state index is 0.00385. The molecule has 1 aliphatic heterocycles. The minimum atomic E-state index is -2.10. The van der Waals surface area contributed by atoms with Crippen molar-refractivity contribution in [2.24, 2.45) is 7.05 Å². The first-order valence-corrected chi connectivity index (χ1v) is 7.29. The molecule has 0 aliphatic carbocycles. The van der Waals surface area contributed by atoms with E-state index in [2.05, 4.69) is 16.9 Å². The molecule has 4 heteroatoms. The molecule has 108 valence electrons. The maximum absolute atomic E-state index is 7.57. The van der Waals surface area contributed by atoms with Crippen molar-refractivity contribution in [2.45, 2.75) is 6.85 Å². The summed E-state index contributed by atoms with van der Waals surface area (Å²) in [4.78, 5) is 2.17. The summed E-state index contributed by atoms with van der Waals surface area (Å²) in [5.41, 5.74) is 3.29. The second kappa shape index (κ2) is 4.77. The van der Waals surface area contributed by atoms with Crippen molar-refractivity contribution in [3.05, 3.63) is 59.9 Å². The number of aromatic nitrogens is 1. The molecule has 4 rings (SSSR count). The summed E-state index contributed by atoms with van der Waals surface area (Å²) in [6.07, 6.45) is 3.69. The van der Waals surface area contributed by atoms with E-state index >= 15 is 0 Å². The van der Waals surface area contributed by atoms with Crippen LogP contribution in [0.3, 0.4) is 0 Å². The van der Waals surface area contributed by atoms with Gasteiger partial charge in [0.2, 0.25) is 0 Å². The number of hydrogen-bond acceptors (Lipinski definition) is 2. The van der Waals surface area contributed by atoms with Crippen LogP contribution in [0, 0.1) is 6.85 Å². The van der Waals surface area contributed by atoms with Crippen molar-refractivity contribution in [3.8, 4) is 0 Å². The summed E-state index contributed by atoms with van der Waals surface area (Å²) in [7, 11) is 3.92. The molecular formula is C18H18BN2O+. The normalized spacial score (nSPS) is 16.4. The zero-order valence-corrected chi connectivity index (χ0v) is 12.6. The molecule has 0 saturated carbocycles. The summed E-state index contributed by atoms with van der Waals surface area (Å²) in [6.45, 7) is -2.09. The quantitative estimate of drug-likeness (QED) is 0.507. The first-order chi connectivity index (χ1) is 11.9. The van der Waals surface area contributed by atoms with Gasteiger partial charge in [-0.05, 0) is 44.2 Å². The second-order valence-electron chi connectivity index (χ2n) is 5.68. The van der Waals surface area contributed by atoms with E-state index in [1.54, 1.807) is 12.3 Å². The zero-order valence-electron chi connectivity index (χ0n) is 15.6. The van der Waals surface area contributed by atoms with Crippen molar-refractivity contribution in [1.82, 2.24) is 0 Å². The van der Waals surface area contributed by atoms with E-state index in [0.717, 1.165) is 28.0 Å². The molecule has 0 atom stereocenters. The molecule has 2 aromatic heterocycles. The number of anilines is 1. The highest BCUT2D eigenvalue weighted by Crippen LogP contribution is 2.36. The number of nitrogens with zero attached hydrogens (tertiary/aromatic N) is 2. The average Bonchev–Trinajstić information content (AvgIpc) is 2.94. The zero-order chi connectivity index (χ0) is 17.8. The highest BCUT2D eigenvalue weighted by atomic mass is 16.3. The standard InChI is InChI=1S/C18H18BN2O/c1-13-8-9-17(20(2)12-13)19-11-10-16-18(21(19)3)14-6-4-5-7-15(14)22-16/h4-12H,1-3H3/q+1/i1D3. The van der Waals surface area contributed by atoms with Crippen LogP contribution in [-0.2, 0) is 7.05 Å². The van der Waals surface area contributed by atoms with E-state index in [1.807, 2.05) is 49.0 Å². The lowest BCUT2D eigenvalue weighted by atomic mass is 9.55. The Morgan fingerprint density at radius 3 is 2.91 bits per heavy atom. The molecule has 0 radical (unpaired) electrons. The van der Waals surface area contributed by atoms with Gasteiger partial charge in [0.15, 0.2) is 11.8 Å². The fourth-order valence-corrected chi connectivity index (χ4v) is 3.20. The average molecular weight is 292 g/mol. The van der Waals surface area contributed by atoms with E-state index in [1.165, 1.54) is 0 Å². The van der Waals surface area contributed by atoms with Crippen LogP contribution >= 0.6 is 0 Å². The van der Waals surface area contributed by atoms with Crippen molar-refractivity contribution >= 4 is 35.2 Å². The molecule has 0 saturated heterocycles. The second-order valence-corrected chi connectivity index (χ2v) is 5.68. The lowest BCUT2D eigenvalue weighted by Gasteiger charge is -2.26. The van der Waals surface area contributed by atoms with Crippen molar-refractivity contribution < 1.29 is 13.1 Å². The Bertz CT molecular complexity index is 994. The Morgan fingerprint density at radius 2 is 2.09 bits per heavy atom. The molecule has 0 spiro atoms. The predicted molar refractivity (Wildman–Crippen MR) is 91.4 cm³/mol. The van der Waals surface area contributed by atoms with Gasteiger partial charge in [0.05, 0.1) is 5.69 Å². The molecule has 0 unspecified atom stereocenters. The third kappa shape index (κ3) is 1.87. The number of furan rings is 1. The van der Waals surface area contributed by atoms with Crippen LogP contribution in [0.1, 0.15) is 15.4 Å². The van der Waals surface area contributed by atoms with E-state index < -0.39 is 6.85 Å². The Morgan fingerprint density at radius 1 is 1.23 bits per heavy atom. The van der Waals surface area contributed by atoms with Gasteiger partial charge < -0.3 is 9.23 Å². The van der Waals surface area contributed by atoms with Gasteiger partial charge in [-0.2, -0.15) is 0 Å². The molecule has 1 aliphatic rings. The monoisotopic (exact) mass is 292 g/mol. The van der Waals surface area contributed by atoms with E-state index in [0.29, 0.717) is 5.56 Å². The van der Waals surface area contributed by atoms with Gasteiger partial charge in [-0.3, -0.25) is 0 Å². The van der Waals surface area contributed by atoms with Crippen LogP contribution in [0.4, 0.5) is 5.69 Å². The van der Waals surface area contributed by atoms with Crippen LogP contribution in [0.25, 0.3) is 17.0 Å². The minimum Gasteiger partial charge on any atom is -0.455 e. The first-order valence-electron chi connectivity index (χ1n) is 8.79. The van der Waals surface area contributed by atoms with Gasteiger partial charge in [-0.15, -0.1) is 0 Å². The van der Waals surface area contributed by atoms with Gasteiger partial charge in [-0.25, -0.2) is 4.57 Å². The summed E-state index contributed by atoms with van der Waals surface area (Å²) >= 11 is 0. The summed E-state index contributed by atoms with van der Waals surface area (Å²) in [5, 5.41) is 1.08. The maximum Gasteiger partial charge on any atom is 0.396 e. The third-order valence-corrected chi connectivity index (χ3v) is 4.27. The topological polar surface area (TPSA) is 20.3 Å². The van der Waals surface area contributed by atoms with E-state index in [9.17, 15) is 0 Å². The molecule has 0 bridgehead atoms. The highest BCUT2D eigenvalue weighted by Gasteiger charge is 2.34. The Hall–Kier alpha value is -2.49. The number of para-hydroxylation sites is 1. The number of benzene rings is 1.